The molecule has 0 unspecified atom stereocenters. The van der Waals surface area contributed by atoms with Crippen LogP contribution in [0.5, 0.6) is 0 Å². The van der Waals surface area contributed by atoms with Gasteiger partial charge in [-0.15, -0.1) is 24.8 Å². The van der Waals surface area contributed by atoms with Crippen LogP contribution < -0.4 is 10.2 Å². The number of hydrogen-bond acceptors (Lipinski definition) is 5. The van der Waals surface area contributed by atoms with Gasteiger partial charge in [0, 0.05) is 45.5 Å². The second kappa shape index (κ2) is 8.34. The summed E-state index contributed by atoms with van der Waals surface area (Å²) in [5, 5.41) is 3.41. The molecule has 0 spiro atoms. The van der Waals surface area contributed by atoms with Crippen LogP contribution >= 0.6 is 24.8 Å². The second-order valence-electron chi connectivity index (χ2n) is 6.36. The average molecular weight is 375 g/mol. The van der Waals surface area contributed by atoms with E-state index in [1.807, 2.05) is 17.0 Å². The Morgan fingerprint density at radius 3 is 2.50 bits per heavy atom. The summed E-state index contributed by atoms with van der Waals surface area (Å²) in [4.78, 5) is 21.6. The maximum Gasteiger partial charge on any atom is 0.257 e. The molecule has 0 saturated carbocycles. The number of morpholine rings is 1. The zero-order valence-electron chi connectivity index (χ0n) is 13.5. The molecule has 24 heavy (non-hydrogen) atoms. The number of fused-ring (bicyclic) bond motifs is 1. The number of hydrogen-bond donors (Lipinski definition) is 1. The van der Waals surface area contributed by atoms with Crippen LogP contribution in [0, 0.1) is 11.8 Å². The van der Waals surface area contributed by atoms with Gasteiger partial charge in [0.1, 0.15) is 5.82 Å². The Kier molecular flexibility index (Phi) is 6.69. The quantitative estimate of drug-likeness (QED) is 0.838. The van der Waals surface area contributed by atoms with Crippen molar-refractivity contribution in [1.29, 1.82) is 0 Å². The molecule has 1 aromatic heterocycles. The average Bonchev–Trinajstić information content (AvgIpc) is 3.17. The van der Waals surface area contributed by atoms with E-state index in [2.05, 4.69) is 15.2 Å². The van der Waals surface area contributed by atoms with E-state index in [1.165, 1.54) is 0 Å². The van der Waals surface area contributed by atoms with Gasteiger partial charge in [0.25, 0.3) is 5.91 Å². The van der Waals surface area contributed by atoms with Crippen LogP contribution in [0.2, 0.25) is 0 Å². The first kappa shape index (κ1) is 19.2. The van der Waals surface area contributed by atoms with Gasteiger partial charge in [0.05, 0.1) is 18.8 Å². The molecule has 0 bridgehead atoms. The van der Waals surface area contributed by atoms with E-state index in [-0.39, 0.29) is 30.7 Å². The van der Waals surface area contributed by atoms with Crippen LogP contribution in [0.15, 0.2) is 18.3 Å². The summed E-state index contributed by atoms with van der Waals surface area (Å²) in [5.74, 6) is 2.18. The number of nitrogens with one attached hydrogen (secondary N) is 1. The summed E-state index contributed by atoms with van der Waals surface area (Å²) in [6.07, 6.45) is 1.77. The van der Waals surface area contributed by atoms with Crippen molar-refractivity contribution in [1.82, 2.24) is 15.2 Å². The van der Waals surface area contributed by atoms with Crippen molar-refractivity contribution in [3.8, 4) is 0 Å². The Hall–Kier alpha value is -1.08. The number of amides is 1. The second-order valence-corrected chi connectivity index (χ2v) is 6.36. The standard InChI is InChI=1S/C16H22N4O2.2ClH/c21-16(20-10-12-8-17-9-13(12)11-20)14-2-1-3-18-15(14)19-4-6-22-7-5-19;;/h1-3,12-13,17H,4-11H2;2*1H/t12-,13+;;. The minimum Gasteiger partial charge on any atom is -0.378 e. The van der Waals surface area contributed by atoms with Crippen LogP contribution in [-0.4, -0.2) is 68.3 Å². The van der Waals surface area contributed by atoms with Crippen molar-refractivity contribution in [2.45, 2.75) is 0 Å². The Morgan fingerprint density at radius 1 is 1.17 bits per heavy atom. The van der Waals surface area contributed by atoms with Crippen molar-refractivity contribution in [3.05, 3.63) is 23.9 Å². The van der Waals surface area contributed by atoms with Gasteiger partial charge in [0.2, 0.25) is 0 Å². The number of rotatable bonds is 2. The minimum absolute atomic E-state index is 0. The molecule has 4 heterocycles. The molecule has 3 fully saturated rings. The lowest BCUT2D eigenvalue weighted by Gasteiger charge is -2.30. The molecule has 6 nitrogen and oxygen atoms in total. The number of pyridine rings is 1. The molecule has 1 N–H and O–H groups in total. The fourth-order valence-corrected chi connectivity index (χ4v) is 3.78. The summed E-state index contributed by atoms with van der Waals surface area (Å²) in [7, 11) is 0. The van der Waals surface area contributed by atoms with Crippen molar-refractivity contribution in [2.24, 2.45) is 11.8 Å². The SMILES string of the molecule is Cl.Cl.O=C(c1cccnc1N1CCOCC1)N1C[C@H]2CNC[C@H]2C1. The highest BCUT2D eigenvalue weighted by Gasteiger charge is 2.39. The predicted octanol–water partition coefficient (Wildman–Crippen LogP) is 1.05. The third-order valence-corrected chi connectivity index (χ3v) is 5.00. The summed E-state index contributed by atoms with van der Waals surface area (Å²) in [6, 6.07) is 3.77. The molecule has 3 aliphatic heterocycles. The number of carbonyl (C=O) groups excluding carboxylic acids is 1. The molecule has 1 aromatic rings. The van der Waals surface area contributed by atoms with Gasteiger partial charge in [0.15, 0.2) is 0 Å². The van der Waals surface area contributed by atoms with Crippen LogP contribution in [0.3, 0.4) is 0 Å². The molecule has 8 heteroatoms. The monoisotopic (exact) mass is 374 g/mol. The van der Waals surface area contributed by atoms with E-state index in [0.29, 0.717) is 25.0 Å². The Morgan fingerprint density at radius 2 is 1.83 bits per heavy atom. The highest BCUT2D eigenvalue weighted by atomic mass is 35.5. The number of ether oxygens (including phenoxy) is 1. The topological polar surface area (TPSA) is 57.7 Å². The molecule has 134 valence electrons. The lowest BCUT2D eigenvalue weighted by molar-refractivity contribution is 0.0780. The van der Waals surface area contributed by atoms with Crippen LogP contribution in [0.25, 0.3) is 0 Å². The Bertz CT molecular complexity index is 557. The number of halogens is 2. The molecule has 0 aromatic carbocycles. The maximum atomic E-state index is 12.9. The van der Waals surface area contributed by atoms with Crippen LogP contribution in [0.1, 0.15) is 10.4 Å². The first-order valence-corrected chi connectivity index (χ1v) is 8.10. The number of likely N-dealkylation sites (tertiary alicyclic amines) is 1. The summed E-state index contributed by atoms with van der Waals surface area (Å²) < 4.78 is 5.40. The van der Waals surface area contributed by atoms with Crippen molar-refractivity contribution in [3.63, 3.8) is 0 Å². The maximum absolute atomic E-state index is 12.9. The van der Waals surface area contributed by atoms with E-state index < -0.39 is 0 Å². The zero-order valence-corrected chi connectivity index (χ0v) is 15.2. The lowest BCUT2D eigenvalue weighted by atomic mass is 10.0. The normalized spacial score (nSPS) is 25.7. The van der Waals surface area contributed by atoms with Crippen LogP contribution in [-0.2, 0) is 4.74 Å². The highest BCUT2D eigenvalue weighted by molar-refractivity contribution is 5.99. The first-order valence-electron chi connectivity index (χ1n) is 8.10. The molecule has 3 saturated heterocycles. The molecular formula is C16H24Cl2N4O2. The zero-order chi connectivity index (χ0) is 14.9. The van der Waals surface area contributed by atoms with E-state index in [0.717, 1.165) is 50.6 Å². The van der Waals surface area contributed by atoms with E-state index in [4.69, 9.17) is 4.74 Å². The van der Waals surface area contributed by atoms with Crippen molar-refractivity contribution in [2.75, 3.05) is 57.4 Å². The fraction of sp³-hybridized carbons (Fsp3) is 0.625. The van der Waals surface area contributed by atoms with E-state index in [9.17, 15) is 4.79 Å². The smallest absolute Gasteiger partial charge is 0.257 e. The number of carbonyl (C=O) groups is 1. The third kappa shape index (κ3) is 3.61. The fourth-order valence-electron chi connectivity index (χ4n) is 3.78. The highest BCUT2D eigenvalue weighted by Crippen LogP contribution is 2.29. The molecule has 0 radical (unpaired) electrons. The van der Waals surface area contributed by atoms with Crippen molar-refractivity contribution < 1.29 is 9.53 Å². The molecular weight excluding hydrogens is 351 g/mol. The van der Waals surface area contributed by atoms with Gasteiger partial charge in [-0.3, -0.25) is 4.79 Å². The first-order chi connectivity index (χ1) is 10.8. The predicted molar refractivity (Wildman–Crippen MR) is 97.5 cm³/mol. The van der Waals surface area contributed by atoms with Gasteiger partial charge in [-0.1, -0.05) is 0 Å². The number of anilines is 1. The molecule has 0 aliphatic carbocycles. The summed E-state index contributed by atoms with van der Waals surface area (Å²) >= 11 is 0. The third-order valence-electron chi connectivity index (χ3n) is 5.00. The number of aromatic nitrogens is 1. The Balaban J connectivity index is 0.00000104. The number of nitrogens with zero attached hydrogens (tertiary/aromatic N) is 3. The van der Waals surface area contributed by atoms with Gasteiger partial charge < -0.3 is 19.9 Å². The van der Waals surface area contributed by atoms with E-state index in [1.54, 1.807) is 6.20 Å². The summed E-state index contributed by atoms with van der Waals surface area (Å²) in [5.41, 5.74) is 0.734. The van der Waals surface area contributed by atoms with Gasteiger partial charge in [-0.2, -0.15) is 0 Å². The molecule has 1 amide bonds. The minimum atomic E-state index is 0. The molecule has 3 aliphatic rings. The Labute approximate surface area is 154 Å². The molecule has 4 rings (SSSR count). The molecule has 2 atom stereocenters. The largest absolute Gasteiger partial charge is 0.378 e. The summed E-state index contributed by atoms with van der Waals surface area (Å²) in [6.45, 7) is 6.81. The van der Waals surface area contributed by atoms with Crippen molar-refractivity contribution >= 4 is 36.5 Å². The van der Waals surface area contributed by atoms with Crippen LogP contribution in [0.4, 0.5) is 5.82 Å². The van der Waals surface area contributed by atoms with Gasteiger partial charge in [-0.05, 0) is 24.0 Å². The lowest BCUT2D eigenvalue weighted by Crippen LogP contribution is -2.39. The van der Waals surface area contributed by atoms with Gasteiger partial charge in [-0.25, -0.2) is 4.98 Å². The van der Waals surface area contributed by atoms with Gasteiger partial charge >= 0.3 is 0 Å². The van der Waals surface area contributed by atoms with E-state index >= 15 is 0 Å².